The summed E-state index contributed by atoms with van der Waals surface area (Å²) in [6.07, 6.45) is 0. The van der Waals surface area contributed by atoms with Gasteiger partial charge in [0, 0.05) is 0 Å². The Morgan fingerprint density at radius 3 is 2.29 bits per heavy atom. The molecule has 8 heteroatoms. The zero-order valence-corrected chi connectivity index (χ0v) is 11.3. The largest absolute Gasteiger partial charge is 0.478 e. The first-order valence-corrected chi connectivity index (χ1v) is 7.15. The van der Waals surface area contributed by atoms with Crippen molar-refractivity contribution in [3.05, 3.63) is 53.8 Å². The van der Waals surface area contributed by atoms with Gasteiger partial charge in [-0.3, -0.25) is 0 Å². The van der Waals surface area contributed by atoms with Crippen LogP contribution >= 0.6 is 0 Å². The topological polar surface area (TPSA) is 107 Å². The summed E-state index contributed by atoms with van der Waals surface area (Å²) < 4.78 is 40.5. The number of carboxylic acid groups (broad SMARTS) is 1. The van der Waals surface area contributed by atoms with Crippen LogP contribution in [0, 0.1) is 5.82 Å². The zero-order valence-electron chi connectivity index (χ0n) is 10.5. The molecule has 3 N–H and O–H groups in total. The van der Waals surface area contributed by atoms with Crippen LogP contribution in [0.1, 0.15) is 10.4 Å². The standard InChI is InChI=1S/C13H10FNO5S/c14-8-1-6-12(11(7-8)13(16)17)20-9-2-4-10(5-3-9)21(15,18)19/h1-7H,(H,16,17)(H2,15,18,19). The Kier molecular flexibility index (Phi) is 3.92. The summed E-state index contributed by atoms with van der Waals surface area (Å²) in [5.41, 5.74) is -0.342. The van der Waals surface area contributed by atoms with Gasteiger partial charge < -0.3 is 9.84 Å². The smallest absolute Gasteiger partial charge is 0.339 e. The molecule has 0 aliphatic rings. The average molecular weight is 311 g/mol. The van der Waals surface area contributed by atoms with Crippen LogP contribution in [-0.2, 0) is 10.0 Å². The lowest BCUT2D eigenvalue weighted by atomic mass is 10.2. The molecule has 2 aromatic rings. The molecule has 0 unspecified atom stereocenters. The van der Waals surface area contributed by atoms with E-state index in [4.69, 9.17) is 15.0 Å². The van der Waals surface area contributed by atoms with Gasteiger partial charge in [0.25, 0.3) is 0 Å². The fourth-order valence-corrected chi connectivity index (χ4v) is 2.10. The van der Waals surface area contributed by atoms with Crippen LogP contribution in [0.5, 0.6) is 11.5 Å². The van der Waals surface area contributed by atoms with E-state index in [1.54, 1.807) is 0 Å². The van der Waals surface area contributed by atoms with E-state index in [2.05, 4.69) is 0 Å². The number of hydrogen-bond acceptors (Lipinski definition) is 4. The number of primary sulfonamides is 1. The first kappa shape index (κ1) is 14.9. The molecule has 0 radical (unpaired) electrons. The van der Waals surface area contributed by atoms with Gasteiger partial charge in [-0.05, 0) is 42.5 Å². The molecular weight excluding hydrogens is 301 g/mol. The average Bonchev–Trinajstić information content (AvgIpc) is 2.40. The van der Waals surface area contributed by atoms with Crippen molar-refractivity contribution in [1.82, 2.24) is 0 Å². The molecule has 2 rings (SSSR count). The second-order valence-corrected chi connectivity index (χ2v) is 5.63. The van der Waals surface area contributed by atoms with Crippen molar-refractivity contribution in [2.45, 2.75) is 4.90 Å². The molecule has 21 heavy (non-hydrogen) atoms. The summed E-state index contributed by atoms with van der Waals surface area (Å²) >= 11 is 0. The number of benzene rings is 2. The minimum Gasteiger partial charge on any atom is -0.478 e. The van der Waals surface area contributed by atoms with Crippen molar-refractivity contribution in [3.8, 4) is 11.5 Å². The van der Waals surface area contributed by atoms with E-state index in [9.17, 15) is 17.6 Å². The maximum Gasteiger partial charge on any atom is 0.339 e. The van der Waals surface area contributed by atoms with E-state index < -0.39 is 21.8 Å². The number of aromatic carboxylic acids is 1. The van der Waals surface area contributed by atoms with Gasteiger partial charge in [-0.1, -0.05) is 0 Å². The summed E-state index contributed by atoms with van der Waals surface area (Å²) in [6.45, 7) is 0. The summed E-state index contributed by atoms with van der Waals surface area (Å²) in [5.74, 6) is -1.92. The van der Waals surface area contributed by atoms with E-state index in [1.807, 2.05) is 0 Å². The van der Waals surface area contributed by atoms with Crippen molar-refractivity contribution in [3.63, 3.8) is 0 Å². The van der Waals surface area contributed by atoms with Crippen LogP contribution in [0.3, 0.4) is 0 Å². The monoisotopic (exact) mass is 311 g/mol. The first-order valence-electron chi connectivity index (χ1n) is 5.61. The predicted octanol–water partition coefficient (Wildman–Crippen LogP) is 1.96. The highest BCUT2D eigenvalue weighted by Crippen LogP contribution is 2.26. The van der Waals surface area contributed by atoms with Crippen molar-refractivity contribution in [1.29, 1.82) is 0 Å². The molecule has 0 aromatic heterocycles. The van der Waals surface area contributed by atoms with Gasteiger partial charge in [-0.25, -0.2) is 22.7 Å². The van der Waals surface area contributed by atoms with Crippen molar-refractivity contribution >= 4 is 16.0 Å². The lowest BCUT2D eigenvalue weighted by Gasteiger charge is -2.09. The Morgan fingerprint density at radius 1 is 1.14 bits per heavy atom. The molecule has 0 aliphatic heterocycles. The van der Waals surface area contributed by atoms with Gasteiger partial charge in [-0.2, -0.15) is 0 Å². The maximum atomic E-state index is 13.0. The van der Waals surface area contributed by atoms with Gasteiger partial charge in [0.2, 0.25) is 10.0 Å². The highest BCUT2D eigenvalue weighted by Gasteiger charge is 2.14. The van der Waals surface area contributed by atoms with Crippen LogP contribution in [-0.4, -0.2) is 19.5 Å². The highest BCUT2D eigenvalue weighted by atomic mass is 32.2. The van der Waals surface area contributed by atoms with Crippen molar-refractivity contribution in [2.24, 2.45) is 5.14 Å². The van der Waals surface area contributed by atoms with Crippen LogP contribution in [0.4, 0.5) is 4.39 Å². The molecule has 0 atom stereocenters. The minimum atomic E-state index is -3.82. The molecule has 0 heterocycles. The number of carbonyl (C=O) groups is 1. The molecule has 0 saturated carbocycles. The Labute approximate surface area is 119 Å². The van der Waals surface area contributed by atoms with Crippen molar-refractivity contribution in [2.75, 3.05) is 0 Å². The molecule has 2 aromatic carbocycles. The van der Waals surface area contributed by atoms with E-state index in [-0.39, 0.29) is 22.0 Å². The molecule has 0 bridgehead atoms. The highest BCUT2D eigenvalue weighted by molar-refractivity contribution is 7.89. The summed E-state index contributed by atoms with van der Waals surface area (Å²) in [4.78, 5) is 10.9. The van der Waals surface area contributed by atoms with Crippen LogP contribution in [0.25, 0.3) is 0 Å². The molecule has 0 aliphatic carbocycles. The summed E-state index contributed by atoms with van der Waals surface area (Å²) in [6, 6.07) is 8.12. The molecule has 0 saturated heterocycles. The van der Waals surface area contributed by atoms with E-state index in [0.29, 0.717) is 0 Å². The van der Waals surface area contributed by atoms with Gasteiger partial charge in [-0.15, -0.1) is 0 Å². The van der Waals surface area contributed by atoms with Crippen molar-refractivity contribution < 1.29 is 27.4 Å². The van der Waals surface area contributed by atoms with Gasteiger partial charge in [0.05, 0.1) is 4.90 Å². The van der Waals surface area contributed by atoms with E-state index in [0.717, 1.165) is 12.1 Å². The Bertz CT molecular complexity index is 787. The number of hydrogen-bond donors (Lipinski definition) is 2. The van der Waals surface area contributed by atoms with Gasteiger partial charge >= 0.3 is 5.97 Å². The first-order chi connectivity index (χ1) is 9.77. The predicted molar refractivity (Wildman–Crippen MR) is 71.2 cm³/mol. The lowest BCUT2D eigenvalue weighted by molar-refractivity contribution is 0.0693. The van der Waals surface area contributed by atoms with Crippen LogP contribution < -0.4 is 9.88 Å². The van der Waals surface area contributed by atoms with E-state index >= 15 is 0 Å². The molecule has 110 valence electrons. The Balaban J connectivity index is 2.33. The molecule has 0 fully saturated rings. The number of carboxylic acids is 1. The number of rotatable bonds is 4. The fourth-order valence-electron chi connectivity index (χ4n) is 1.58. The number of ether oxygens (including phenoxy) is 1. The summed E-state index contributed by atoms with van der Waals surface area (Å²) in [5, 5.41) is 13.9. The SMILES string of the molecule is NS(=O)(=O)c1ccc(Oc2ccc(F)cc2C(=O)O)cc1. The number of sulfonamides is 1. The lowest BCUT2D eigenvalue weighted by Crippen LogP contribution is -2.11. The molecule has 6 nitrogen and oxygen atoms in total. The molecule has 0 amide bonds. The third-order valence-electron chi connectivity index (χ3n) is 2.55. The summed E-state index contributed by atoms with van der Waals surface area (Å²) in [7, 11) is -3.82. The maximum absolute atomic E-state index is 13.0. The van der Waals surface area contributed by atoms with Gasteiger partial charge in [0.1, 0.15) is 22.9 Å². The van der Waals surface area contributed by atoms with Crippen LogP contribution in [0.2, 0.25) is 0 Å². The third-order valence-corrected chi connectivity index (χ3v) is 3.48. The number of nitrogens with two attached hydrogens (primary N) is 1. The fraction of sp³-hybridized carbons (Fsp3) is 0. The minimum absolute atomic E-state index is 0.0627. The zero-order chi connectivity index (χ0) is 15.6. The molecule has 0 spiro atoms. The van der Waals surface area contributed by atoms with Gasteiger partial charge in [0.15, 0.2) is 0 Å². The normalized spacial score (nSPS) is 11.1. The molecular formula is C13H10FNO5S. The van der Waals surface area contributed by atoms with E-state index in [1.165, 1.54) is 30.3 Å². The Morgan fingerprint density at radius 2 is 1.76 bits per heavy atom. The quantitative estimate of drug-likeness (QED) is 0.897. The second-order valence-electron chi connectivity index (χ2n) is 4.06. The number of halogens is 1. The Hall–Kier alpha value is -2.45. The second kappa shape index (κ2) is 5.51. The third kappa shape index (κ3) is 3.56. The van der Waals surface area contributed by atoms with Crippen LogP contribution in [0.15, 0.2) is 47.4 Å².